The molecule has 0 radical (unpaired) electrons. The maximum absolute atomic E-state index is 6.29. The van der Waals surface area contributed by atoms with Crippen molar-refractivity contribution < 1.29 is 4.74 Å². The van der Waals surface area contributed by atoms with Gasteiger partial charge in [0.1, 0.15) is 10.8 Å². The van der Waals surface area contributed by atoms with E-state index in [2.05, 4.69) is 21.0 Å². The molecular weight excluding hydrogens is 362 g/mol. The second-order valence-electron chi connectivity index (χ2n) is 5.56. The number of ether oxygens (including phenoxy) is 1. The predicted molar refractivity (Wildman–Crippen MR) is 96.1 cm³/mol. The maximum Gasteiger partial charge on any atom is 0.133 e. The molecule has 22 heavy (non-hydrogen) atoms. The summed E-state index contributed by atoms with van der Waals surface area (Å²) in [6.07, 6.45) is 4.62. The molecule has 1 atom stereocenters. The van der Waals surface area contributed by atoms with E-state index in [-0.39, 0.29) is 6.04 Å². The van der Waals surface area contributed by atoms with Crippen LogP contribution in [-0.4, -0.2) is 30.3 Å². The molecule has 0 saturated heterocycles. The van der Waals surface area contributed by atoms with Crippen LogP contribution in [-0.2, 0) is 0 Å². The molecule has 1 aliphatic carbocycles. The van der Waals surface area contributed by atoms with Crippen LogP contribution in [0.25, 0.3) is 0 Å². The highest BCUT2D eigenvalue weighted by molar-refractivity contribution is 9.10. The van der Waals surface area contributed by atoms with Gasteiger partial charge in [-0.3, -0.25) is 5.01 Å². The van der Waals surface area contributed by atoms with Crippen molar-refractivity contribution in [1.29, 1.82) is 0 Å². The van der Waals surface area contributed by atoms with E-state index in [1.807, 2.05) is 30.3 Å². The Balaban J connectivity index is 1.87. The van der Waals surface area contributed by atoms with Crippen LogP contribution >= 0.6 is 27.7 Å². The van der Waals surface area contributed by atoms with Gasteiger partial charge in [0.05, 0.1) is 16.6 Å². The van der Waals surface area contributed by atoms with Crippen molar-refractivity contribution in [2.24, 2.45) is 10.8 Å². The highest BCUT2D eigenvalue weighted by Crippen LogP contribution is 2.39. The average molecular weight is 382 g/mol. The Morgan fingerprint density at radius 3 is 2.91 bits per heavy atom. The molecule has 1 aromatic carbocycles. The van der Waals surface area contributed by atoms with Gasteiger partial charge in [0, 0.05) is 18.7 Å². The summed E-state index contributed by atoms with van der Waals surface area (Å²) in [5.74, 6) is 0.827. The van der Waals surface area contributed by atoms with Crippen LogP contribution < -0.4 is 10.5 Å². The molecule has 4 nitrogen and oxygen atoms in total. The van der Waals surface area contributed by atoms with E-state index in [0.29, 0.717) is 0 Å². The van der Waals surface area contributed by atoms with Gasteiger partial charge in [-0.15, -0.1) is 0 Å². The van der Waals surface area contributed by atoms with Gasteiger partial charge in [-0.2, -0.15) is 5.10 Å². The Labute approximate surface area is 143 Å². The summed E-state index contributed by atoms with van der Waals surface area (Å²) in [4.78, 5) is 0. The lowest BCUT2D eigenvalue weighted by molar-refractivity contribution is 0.412. The average Bonchev–Trinajstić information content (AvgIpc) is 2.89. The third-order valence-electron chi connectivity index (χ3n) is 4.06. The van der Waals surface area contributed by atoms with E-state index in [0.717, 1.165) is 33.7 Å². The van der Waals surface area contributed by atoms with Gasteiger partial charge < -0.3 is 10.5 Å². The molecule has 118 valence electrons. The Morgan fingerprint density at radius 1 is 1.41 bits per heavy atom. The number of hydrogen-bond acceptors (Lipinski definition) is 5. The van der Waals surface area contributed by atoms with E-state index in [4.69, 9.17) is 10.5 Å². The lowest BCUT2D eigenvalue weighted by atomic mass is 9.91. The molecule has 1 fully saturated rings. The molecular formula is C16H20BrN3OS. The van der Waals surface area contributed by atoms with Crippen molar-refractivity contribution in [2.45, 2.75) is 31.7 Å². The van der Waals surface area contributed by atoms with E-state index < -0.39 is 0 Å². The van der Waals surface area contributed by atoms with Gasteiger partial charge in [-0.25, -0.2) is 0 Å². The predicted octanol–water partition coefficient (Wildman–Crippen LogP) is 3.91. The molecule has 0 bridgehead atoms. The molecule has 6 heteroatoms. The Morgan fingerprint density at radius 2 is 2.23 bits per heavy atom. The normalized spacial score (nSPS) is 25.4. The highest BCUT2D eigenvalue weighted by atomic mass is 79.9. The molecule has 1 saturated carbocycles. The van der Waals surface area contributed by atoms with E-state index in [9.17, 15) is 0 Å². The number of thioether (sulfide) groups is 1. The fourth-order valence-corrected chi connectivity index (χ4v) is 4.54. The summed E-state index contributed by atoms with van der Waals surface area (Å²) in [5.41, 5.74) is 8.73. The smallest absolute Gasteiger partial charge is 0.133 e. The minimum atomic E-state index is 0.177. The molecule has 3 rings (SSSR count). The van der Waals surface area contributed by atoms with Crippen LogP contribution in [0.4, 0.5) is 0 Å². The second kappa shape index (κ2) is 6.64. The van der Waals surface area contributed by atoms with Gasteiger partial charge in [0.2, 0.25) is 0 Å². The molecule has 0 aromatic heterocycles. The Bertz CT molecular complexity index is 644. The lowest BCUT2D eigenvalue weighted by Gasteiger charge is -2.25. The zero-order valence-electron chi connectivity index (χ0n) is 12.8. The van der Waals surface area contributed by atoms with Crippen LogP contribution in [0.15, 0.2) is 38.4 Å². The van der Waals surface area contributed by atoms with Crippen LogP contribution in [0, 0.1) is 0 Å². The number of rotatable bonds is 2. The Kier molecular flexibility index (Phi) is 4.80. The zero-order chi connectivity index (χ0) is 15.7. The van der Waals surface area contributed by atoms with Crippen molar-refractivity contribution in [1.82, 2.24) is 5.01 Å². The van der Waals surface area contributed by atoms with Crippen LogP contribution in [0.1, 0.15) is 31.2 Å². The summed E-state index contributed by atoms with van der Waals surface area (Å²) < 4.78 is 6.22. The number of methoxy groups -OCH3 is 1. The molecule has 2 N–H and O–H groups in total. The third kappa shape index (κ3) is 3.05. The summed E-state index contributed by atoms with van der Waals surface area (Å²) in [6.45, 7) is 0. The number of nitrogens with two attached hydrogens (primary N) is 1. The van der Waals surface area contributed by atoms with Gasteiger partial charge in [-0.1, -0.05) is 6.42 Å². The van der Waals surface area contributed by atoms with Crippen molar-refractivity contribution in [2.75, 3.05) is 14.2 Å². The van der Waals surface area contributed by atoms with Gasteiger partial charge in [0.25, 0.3) is 0 Å². The van der Waals surface area contributed by atoms with E-state index >= 15 is 0 Å². The summed E-state index contributed by atoms with van der Waals surface area (Å²) in [6, 6.07) is 6.22. The fraction of sp³-hybridized carbons (Fsp3) is 0.438. The van der Waals surface area contributed by atoms with Crippen LogP contribution in [0.5, 0.6) is 5.75 Å². The first-order chi connectivity index (χ1) is 10.6. The van der Waals surface area contributed by atoms with Gasteiger partial charge in [-0.05, 0) is 70.7 Å². The molecule has 1 aliphatic heterocycles. The van der Waals surface area contributed by atoms with Gasteiger partial charge in [0.15, 0.2) is 0 Å². The number of hydrogen-bond donors (Lipinski definition) is 1. The van der Waals surface area contributed by atoms with Gasteiger partial charge >= 0.3 is 0 Å². The van der Waals surface area contributed by atoms with Crippen molar-refractivity contribution in [3.05, 3.63) is 38.8 Å². The van der Waals surface area contributed by atoms with Crippen molar-refractivity contribution in [3.8, 4) is 5.75 Å². The first kappa shape index (κ1) is 15.9. The highest BCUT2D eigenvalue weighted by Gasteiger charge is 2.27. The minimum absolute atomic E-state index is 0.177. The molecule has 1 unspecified atom stereocenters. The Hall–Kier alpha value is -0.980. The molecule has 0 amide bonds. The third-order valence-corrected chi connectivity index (χ3v) is 5.91. The summed E-state index contributed by atoms with van der Waals surface area (Å²) >= 11 is 5.25. The maximum atomic E-state index is 6.29. The second-order valence-corrected chi connectivity index (χ2v) is 7.39. The molecule has 1 aromatic rings. The van der Waals surface area contributed by atoms with Crippen LogP contribution in [0.3, 0.4) is 0 Å². The molecule has 1 heterocycles. The van der Waals surface area contributed by atoms with E-state index in [1.165, 1.54) is 23.4 Å². The van der Waals surface area contributed by atoms with Crippen molar-refractivity contribution >= 4 is 32.7 Å². The van der Waals surface area contributed by atoms with E-state index in [1.54, 1.807) is 18.9 Å². The zero-order valence-corrected chi connectivity index (χ0v) is 15.2. The standard InChI is InChI=1S/C16H20BrN3OS/c1-20-16(11-5-3-4-6-13(11)18)22-15(19-20)10-7-8-14(21-2)12(17)9-10/h7-9,13H,3-6,18H2,1-2H3. The number of hydrazone groups is 1. The first-order valence-corrected chi connectivity index (χ1v) is 9.04. The largest absolute Gasteiger partial charge is 0.496 e. The van der Waals surface area contributed by atoms with Crippen molar-refractivity contribution in [3.63, 3.8) is 0 Å². The summed E-state index contributed by atoms with van der Waals surface area (Å²) in [7, 11) is 3.67. The minimum Gasteiger partial charge on any atom is -0.496 e. The number of nitrogens with zero attached hydrogens (tertiary/aromatic N) is 2. The van der Waals surface area contributed by atoms with Crippen LogP contribution in [0.2, 0.25) is 0 Å². The molecule has 0 spiro atoms. The molecule has 2 aliphatic rings. The SMILES string of the molecule is COc1ccc(C2=NN(C)C(=C3CCCCC3N)S2)cc1Br. The fourth-order valence-electron chi connectivity index (χ4n) is 2.85. The number of benzene rings is 1. The summed E-state index contributed by atoms with van der Waals surface area (Å²) in [5, 5.41) is 8.86. The first-order valence-electron chi connectivity index (χ1n) is 7.43. The lowest BCUT2D eigenvalue weighted by Crippen LogP contribution is -2.28. The monoisotopic (exact) mass is 381 g/mol. The topological polar surface area (TPSA) is 50.8 Å². The number of halogens is 1. The quantitative estimate of drug-likeness (QED) is 0.843.